The van der Waals surface area contributed by atoms with E-state index >= 15 is 0 Å². The molecular formula is C12H15F3N2O3S. The van der Waals surface area contributed by atoms with E-state index in [2.05, 4.69) is 0 Å². The molecule has 0 aromatic heterocycles. The first kappa shape index (κ1) is 17.4. The molecule has 0 fully saturated rings. The minimum Gasteiger partial charge on any atom is -0.277 e. The summed E-state index contributed by atoms with van der Waals surface area (Å²) in [4.78, 5) is 12.9. The zero-order valence-corrected chi connectivity index (χ0v) is 12.2. The Morgan fingerprint density at radius 1 is 1.24 bits per heavy atom. The van der Waals surface area contributed by atoms with E-state index in [0.29, 0.717) is 18.6 Å². The highest BCUT2D eigenvalue weighted by atomic mass is 32.2. The summed E-state index contributed by atoms with van der Waals surface area (Å²) in [5.74, 6) is -0.909. The van der Waals surface area contributed by atoms with Crippen LogP contribution in [-0.4, -0.2) is 14.3 Å². The van der Waals surface area contributed by atoms with Gasteiger partial charge in [0.25, 0.3) is 10.0 Å². The first-order chi connectivity index (χ1) is 9.58. The first-order valence-corrected chi connectivity index (χ1v) is 7.55. The van der Waals surface area contributed by atoms with Gasteiger partial charge in [-0.3, -0.25) is 10.2 Å². The second-order valence-electron chi connectivity index (χ2n) is 4.43. The van der Waals surface area contributed by atoms with Gasteiger partial charge in [0, 0.05) is 5.92 Å². The second kappa shape index (κ2) is 6.44. The zero-order chi connectivity index (χ0) is 16.3. The van der Waals surface area contributed by atoms with Crippen LogP contribution in [0.3, 0.4) is 0 Å². The molecule has 0 aliphatic heterocycles. The molecule has 1 atom stereocenters. The molecule has 1 rings (SSSR count). The van der Waals surface area contributed by atoms with E-state index < -0.39 is 27.7 Å². The van der Waals surface area contributed by atoms with Crippen molar-refractivity contribution < 1.29 is 26.4 Å². The largest absolute Gasteiger partial charge is 0.416 e. The Bertz CT molecular complexity index is 597. The summed E-state index contributed by atoms with van der Waals surface area (Å²) in [5.41, 5.74) is 1.06. The molecule has 0 saturated heterocycles. The van der Waals surface area contributed by atoms with Crippen LogP contribution in [0.25, 0.3) is 0 Å². The molecule has 2 N–H and O–H groups in total. The molecule has 0 saturated carbocycles. The SMILES string of the molecule is CCC(C)C(=O)NNS(=O)(=O)c1ccc(C(F)(F)F)cc1. The smallest absolute Gasteiger partial charge is 0.277 e. The summed E-state index contributed by atoms with van der Waals surface area (Å²) in [7, 11) is -4.11. The van der Waals surface area contributed by atoms with Gasteiger partial charge in [0.2, 0.25) is 5.91 Å². The average Bonchev–Trinajstić information content (AvgIpc) is 2.43. The molecule has 1 amide bonds. The van der Waals surface area contributed by atoms with Crippen LogP contribution in [0, 0.1) is 5.92 Å². The monoisotopic (exact) mass is 324 g/mol. The van der Waals surface area contributed by atoms with Crippen LogP contribution >= 0.6 is 0 Å². The number of alkyl halides is 3. The van der Waals surface area contributed by atoms with Gasteiger partial charge in [-0.05, 0) is 30.7 Å². The summed E-state index contributed by atoms with van der Waals surface area (Å²) in [6.07, 6.45) is -4.02. The van der Waals surface area contributed by atoms with Crippen molar-refractivity contribution >= 4 is 15.9 Å². The highest BCUT2D eigenvalue weighted by molar-refractivity contribution is 7.89. The standard InChI is InChI=1S/C12H15F3N2O3S/c1-3-8(2)11(18)16-17-21(19,20)10-6-4-9(5-7-10)12(13,14)15/h4-8,17H,3H2,1-2H3,(H,16,18). The summed E-state index contributed by atoms with van der Waals surface area (Å²) in [6.45, 7) is 3.37. The van der Waals surface area contributed by atoms with Crippen LogP contribution in [0.2, 0.25) is 0 Å². The quantitative estimate of drug-likeness (QED) is 0.814. The molecule has 0 bridgehead atoms. The summed E-state index contributed by atoms with van der Waals surface area (Å²) in [5, 5.41) is 0. The molecule has 0 radical (unpaired) electrons. The summed E-state index contributed by atoms with van der Waals surface area (Å²) < 4.78 is 60.7. The van der Waals surface area contributed by atoms with Gasteiger partial charge in [0.05, 0.1) is 10.5 Å². The number of nitrogens with one attached hydrogen (secondary N) is 2. The Labute approximate surface area is 120 Å². The van der Waals surface area contributed by atoms with E-state index in [0.717, 1.165) is 12.1 Å². The Morgan fingerprint density at radius 3 is 2.19 bits per heavy atom. The predicted octanol–water partition coefficient (Wildman–Crippen LogP) is 2.06. The van der Waals surface area contributed by atoms with Crippen molar-refractivity contribution in [3.8, 4) is 0 Å². The number of rotatable bonds is 5. The summed E-state index contributed by atoms with van der Waals surface area (Å²) >= 11 is 0. The first-order valence-electron chi connectivity index (χ1n) is 6.07. The molecule has 118 valence electrons. The Morgan fingerprint density at radius 2 is 1.76 bits per heavy atom. The van der Waals surface area contributed by atoms with Gasteiger partial charge >= 0.3 is 6.18 Å². The van der Waals surface area contributed by atoms with E-state index in [1.165, 1.54) is 0 Å². The van der Waals surface area contributed by atoms with Gasteiger partial charge in [-0.25, -0.2) is 8.42 Å². The highest BCUT2D eigenvalue weighted by Gasteiger charge is 2.30. The van der Waals surface area contributed by atoms with Crippen LogP contribution in [-0.2, 0) is 21.0 Å². The Hall–Kier alpha value is -1.61. The topological polar surface area (TPSA) is 75.3 Å². The summed E-state index contributed by atoms with van der Waals surface area (Å²) in [6, 6.07) is 2.96. The van der Waals surface area contributed by atoms with Crippen LogP contribution in [0.4, 0.5) is 13.2 Å². The lowest BCUT2D eigenvalue weighted by Gasteiger charge is -2.12. The van der Waals surface area contributed by atoms with E-state index in [4.69, 9.17) is 0 Å². The van der Waals surface area contributed by atoms with Gasteiger partial charge in [-0.15, -0.1) is 4.83 Å². The number of carbonyl (C=O) groups is 1. The number of hydrazine groups is 1. The average molecular weight is 324 g/mol. The normalized spacial score (nSPS) is 13.8. The maximum absolute atomic E-state index is 12.4. The minimum absolute atomic E-state index is 0.375. The maximum atomic E-state index is 12.4. The van der Waals surface area contributed by atoms with Gasteiger partial charge in [-0.1, -0.05) is 13.8 Å². The Balaban J connectivity index is 2.82. The molecule has 1 aromatic rings. The lowest BCUT2D eigenvalue weighted by molar-refractivity contribution is -0.137. The van der Waals surface area contributed by atoms with Crippen molar-refractivity contribution in [2.75, 3.05) is 0 Å². The van der Waals surface area contributed by atoms with Gasteiger partial charge < -0.3 is 0 Å². The molecule has 5 nitrogen and oxygen atoms in total. The third-order valence-electron chi connectivity index (χ3n) is 2.86. The fourth-order valence-corrected chi connectivity index (χ4v) is 2.16. The number of carbonyl (C=O) groups excluding carboxylic acids is 1. The molecule has 0 spiro atoms. The van der Waals surface area contributed by atoms with Crippen molar-refractivity contribution in [3.63, 3.8) is 0 Å². The van der Waals surface area contributed by atoms with E-state index in [1.807, 2.05) is 10.3 Å². The molecule has 0 aliphatic rings. The third kappa shape index (κ3) is 4.71. The predicted molar refractivity (Wildman–Crippen MR) is 69.4 cm³/mol. The third-order valence-corrected chi connectivity index (χ3v) is 4.12. The number of benzene rings is 1. The molecule has 21 heavy (non-hydrogen) atoms. The number of hydrogen-bond donors (Lipinski definition) is 2. The van der Waals surface area contributed by atoms with Crippen molar-refractivity contribution in [2.24, 2.45) is 5.92 Å². The lowest BCUT2D eigenvalue weighted by Crippen LogP contribution is -2.43. The lowest BCUT2D eigenvalue weighted by atomic mass is 10.1. The minimum atomic E-state index is -4.54. The van der Waals surface area contributed by atoms with E-state index in [9.17, 15) is 26.4 Å². The van der Waals surface area contributed by atoms with Crippen molar-refractivity contribution in [1.29, 1.82) is 0 Å². The van der Waals surface area contributed by atoms with E-state index in [1.54, 1.807) is 13.8 Å². The molecule has 1 unspecified atom stereocenters. The highest BCUT2D eigenvalue weighted by Crippen LogP contribution is 2.29. The van der Waals surface area contributed by atoms with Crippen molar-refractivity contribution in [3.05, 3.63) is 29.8 Å². The van der Waals surface area contributed by atoms with Gasteiger partial charge in [0.15, 0.2) is 0 Å². The van der Waals surface area contributed by atoms with Crippen molar-refractivity contribution in [1.82, 2.24) is 10.3 Å². The maximum Gasteiger partial charge on any atom is 0.416 e. The zero-order valence-electron chi connectivity index (χ0n) is 11.4. The van der Waals surface area contributed by atoms with Crippen LogP contribution in [0.15, 0.2) is 29.2 Å². The molecule has 0 aliphatic carbocycles. The number of amides is 1. The van der Waals surface area contributed by atoms with Gasteiger partial charge in [-0.2, -0.15) is 13.2 Å². The fraction of sp³-hybridized carbons (Fsp3) is 0.417. The fourth-order valence-electron chi connectivity index (χ4n) is 1.31. The van der Waals surface area contributed by atoms with Crippen LogP contribution in [0.1, 0.15) is 25.8 Å². The van der Waals surface area contributed by atoms with Gasteiger partial charge in [0.1, 0.15) is 0 Å². The van der Waals surface area contributed by atoms with Crippen LogP contribution < -0.4 is 10.3 Å². The van der Waals surface area contributed by atoms with Crippen molar-refractivity contribution in [2.45, 2.75) is 31.3 Å². The number of sulfonamides is 1. The molecule has 9 heteroatoms. The number of halogens is 3. The van der Waals surface area contributed by atoms with E-state index in [-0.39, 0.29) is 10.8 Å². The van der Waals surface area contributed by atoms with Crippen LogP contribution in [0.5, 0.6) is 0 Å². The molecule has 0 heterocycles. The molecule has 1 aromatic carbocycles. The molecular weight excluding hydrogens is 309 g/mol. The second-order valence-corrected chi connectivity index (χ2v) is 6.11. The number of hydrogen-bond acceptors (Lipinski definition) is 3. The Kier molecular flexibility index (Phi) is 5.35.